The van der Waals surface area contributed by atoms with Crippen molar-refractivity contribution in [1.29, 1.82) is 0 Å². The molecular formula is C13H17BrFNOS. The Balaban J connectivity index is 2.31. The molecule has 0 amide bonds. The third-order valence-corrected chi connectivity index (χ3v) is 5.60. The van der Waals surface area contributed by atoms with E-state index in [2.05, 4.69) is 15.9 Å². The topological polar surface area (TPSA) is 20.1 Å². The van der Waals surface area contributed by atoms with Gasteiger partial charge in [-0.25, -0.2) is 12.9 Å². The number of nitrogens with zero attached hydrogens (tertiary/aromatic N) is 1. The van der Waals surface area contributed by atoms with Crippen molar-refractivity contribution in [3.63, 3.8) is 0 Å². The zero-order chi connectivity index (χ0) is 13.7. The summed E-state index contributed by atoms with van der Waals surface area (Å²) < 4.78 is 28.6. The van der Waals surface area contributed by atoms with E-state index in [0.29, 0.717) is 12.1 Å². The normalized spacial score (nSPS) is 29.1. The number of hydrogen-bond donors (Lipinski definition) is 0. The van der Waals surface area contributed by atoms with Gasteiger partial charge in [-0.05, 0) is 45.9 Å². The average molecular weight is 334 g/mol. The van der Waals surface area contributed by atoms with E-state index in [4.69, 9.17) is 0 Å². The summed E-state index contributed by atoms with van der Waals surface area (Å²) in [5.41, 5.74) is 0.154. The molecule has 1 aliphatic heterocycles. The summed E-state index contributed by atoms with van der Waals surface area (Å²) in [6.07, 6.45) is 0. The van der Waals surface area contributed by atoms with Gasteiger partial charge in [-0.15, -0.1) is 0 Å². The molecule has 100 valence electrons. The summed E-state index contributed by atoms with van der Waals surface area (Å²) in [6, 6.07) is 4.89. The Labute approximate surface area is 118 Å². The highest BCUT2D eigenvalue weighted by atomic mass is 79.9. The summed E-state index contributed by atoms with van der Waals surface area (Å²) in [7, 11) is -1.11. The Bertz CT molecular complexity index is 514. The Morgan fingerprint density at radius 2 is 2.06 bits per heavy atom. The smallest absolute Gasteiger partial charge is 0.128 e. The lowest BCUT2D eigenvalue weighted by molar-refractivity contribution is 0.529. The van der Waals surface area contributed by atoms with Gasteiger partial charge in [-0.1, -0.05) is 15.9 Å². The van der Waals surface area contributed by atoms with Gasteiger partial charge in [0.05, 0.1) is 10.3 Å². The van der Waals surface area contributed by atoms with E-state index >= 15 is 0 Å². The van der Waals surface area contributed by atoms with Crippen molar-refractivity contribution in [2.24, 2.45) is 0 Å². The van der Waals surface area contributed by atoms with E-state index < -0.39 is 16.5 Å². The fraction of sp³-hybridized carbons (Fsp3) is 0.538. The van der Waals surface area contributed by atoms with Crippen molar-refractivity contribution in [3.05, 3.63) is 34.1 Å². The summed E-state index contributed by atoms with van der Waals surface area (Å²) in [4.78, 5) is 0. The molecule has 1 aromatic rings. The lowest BCUT2D eigenvalue weighted by Gasteiger charge is -2.21. The van der Waals surface area contributed by atoms with Crippen LogP contribution < -0.4 is 0 Å². The SMILES string of the molecule is CC1(c2cc(Br)ccc2F)CN1[S@](=O)C(C)(C)C. The van der Waals surface area contributed by atoms with Crippen molar-refractivity contribution in [3.8, 4) is 0 Å². The maximum Gasteiger partial charge on any atom is 0.128 e. The minimum atomic E-state index is -1.11. The van der Waals surface area contributed by atoms with Gasteiger partial charge >= 0.3 is 0 Å². The van der Waals surface area contributed by atoms with Gasteiger partial charge in [0.15, 0.2) is 0 Å². The van der Waals surface area contributed by atoms with Gasteiger partial charge in [0, 0.05) is 16.6 Å². The first-order valence-corrected chi connectivity index (χ1v) is 7.71. The van der Waals surface area contributed by atoms with E-state index in [-0.39, 0.29) is 10.6 Å². The molecule has 3 atom stereocenters. The Kier molecular flexibility index (Phi) is 3.45. The molecule has 0 spiro atoms. The largest absolute Gasteiger partial charge is 0.242 e. The van der Waals surface area contributed by atoms with Crippen LogP contribution in [0.15, 0.2) is 22.7 Å². The molecular weight excluding hydrogens is 317 g/mol. The molecule has 1 aliphatic rings. The standard InChI is InChI=1S/C13H17BrFNOS/c1-12(2,3)18(17)16-8-13(16,4)10-7-9(14)5-6-11(10)15/h5-7H,8H2,1-4H3/t13?,16?,18-/m1/s1. The van der Waals surface area contributed by atoms with Gasteiger partial charge in [-0.2, -0.15) is 0 Å². The predicted molar refractivity (Wildman–Crippen MR) is 76.1 cm³/mol. The van der Waals surface area contributed by atoms with Gasteiger partial charge in [0.25, 0.3) is 0 Å². The van der Waals surface area contributed by atoms with Gasteiger partial charge in [0.2, 0.25) is 0 Å². The maximum atomic E-state index is 13.9. The molecule has 1 aromatic carbocycles. The summed E-state index contributed by atoms with van der Waals surface area (Å²) >= 11 is 3.35. The first-order chi connectivity index (χ1) is 8.16. The Morgan fingerprint density at radius 1 is 1.44 bits per heavy atom. The minimum absolute atomic E-state index is 0.242. The Morgan fingerprint density at radius 3 is 2.61 bits per heavy atom. The van der Waals surface area contributed by atoms with Gasteiger partial charge in [0.1, 0.15) is 16.8 Å². The highest BCUT2D eigenvalue weighted by Gasteiger charge is 2.55. The lowest BCUT2D eigenvalue weighted by atomic mass is 10.0. The monoisotopic (exact) mass is 333 g/mol. The van der Waals surface area contributed by atoms with Crippen LogP contribution in [0.2, 0.25) is 0 Å². The molecule has 1 fully saturated rings. The maximum absolute atomic E-state index is 13.9. The number of hydrogen-bond acceptors (Lipinski definition) is 1. The number of benzene rings is 1. The fourth-order valence-corrected chi connectivity index (χ4v) is 3.80. The van der Waals surface area contributed by atoms with Crippen molar-refractivity contribution >= 4 is 26.9 Å². The van der Waals surface area contributed by atoms with E-state index in [1.165, 1.54) is 6.07 Å². The van der Waals surface area contributed by atoms with Crippen molar-refractivity contribution in [1.82, 2.24) is 4.31 Å². The summed E-state index contributed by atoms with van der Waals surface area (Å²) in [6.45, 7) is 8.35. The van der Waals surface area contributed by atoms with Gasteiger partial charge in [-0.3, -0.25) is 0 Å². The third kappa shape index (κ3) is 2.40. The molecule has 1 saturated heterocycles. The van der Waals surface area contributed by atoms with E-state index in [9.17, 15) is 8.60 Å². The summed E-state index contributed by atoms with van der Waals surface area (Å²) in [5.74, 6) is -0.242. The molecule has 0 bridgehead atoms. The zero-order valence-electron chi connectivity index (χ0n) is 11.0. The molecule has 2 rings (SSSR count). The van der Waals surface area contributed by atoms with Crippen LogP contribution in [-0.4, -0.2) is 19.8 Å². The number of halogens is 2. The second-order valence-electron chi connectivity index (χ2n) is 5.80. The molecule has 0 N–H and O–H groups in total. The number of rotatable bonds is 2. The minimum Gasteiger partial charge on any atom is -0.242 e. The molecule has 18 heavy (non-hydrogen) atoms. The molecule has 2 unspecified atom stereocenters. The van der Waals surface area contributed by atoms with Crippen LogP contribution in [0.1, 0.15) is 33.3 Å². The molecule has 2 nitrogen and oxygen atoms in total. The average Bonchev–Trinajstić information content (AvgIpc) is 2.93. The lowest BCUT2D eigenvalue weighted by Crippen LogP contribution is -2.30. The van der Waals surface area contributed by atoms with Crippen LogP contribution in [0.4, 0.5) is 4.39 Å². The third-order valence-electron chi connectivity index (χ3n) is 3.13. The molecule has 5 heteroatoms. The van der Waals surface area contributed by atoms with E-state index in [0.717, 1.165) is 4.47 Å². The first kappa shape index (κ1) is 14.2. The van der Waals surface area contributed by atoms with Crippen LogP contribution in [0.5, 0.6) is 0 Å². The molecule has 0 radical (unpaired) electrons. The van der Waals surface area contributed by atoms with Crippen LogP contribution in [-0.2, 0) is 16.5 Å². The fourth-order valence-electron chi connectivity index (χ4n) is 1.95. The van der Waals surface area contributed by atoms with Gasteiger partial charge < -0.3 is 0 Å². The van der Waals surface area contributed by atoms with Crippen LogP contribution >= 0.6 is 15.9 Å². The van der Waals surface area contributed by atoms with Crippen molar-refractivity contribution in [2.75, 3.05) is 6.54 Å². The predicted octanol–water partition coefficient (Wildman–Crippen LogP) is 3.58. The molecule has 0 saturated carbocycles. The van der Waals surface area contributed by atoms with Crippen LogP contribution in [0.25, 0.3) is 0 Å². The van der Waals surface area contributed by atoms with Crippen LogP contribution in [0.3, 0.4) is 0 Å². The highest BCUT2D eigenvalue weighted by molar-refractivity contribution is 9.10. The van der Waals surface area contributed by atoms with Crippen molar-refractivity contribution < 1.29 is 8.60 Å². The molecule has 1 heterocycles. The zero-order valence-corrected chi connectivity index (χ0v) is 13.4. The van der Waals surface area contributed by atoms with E-state index in [1.54, 1.807) is 12.1 Å². The highest BCUT2D eigenvalue weighted by Crippen LogP contribution is 2.47. The second-order valence-corrected chi connectivity index (χ2v) is 8.88. The first-order valence-electron chi connectivity index (χ1n) is 5.81. The summed E-state index contributed by atoms with van der Waals surface area (Å²) in [5, 5.41) is 0. The molecule has 0 aliphatic carbocycles. The quantitative estimate of drug-likeness (QED) is 0.757. The van der Waals surface area contributed by atoms with Crippen molar-refractivity contribution in [2.45, 2.75) is 38.0 Å². The van der Waals surface area contributed by atoms with E-state index in [1.807, 2.05) is 32.0 Å². The van der Waals surface area contributed by atoms with Crippen LogP contribution in [0, 0.1) is 5.82 Å². The Hall–Kier alpha value is -0.260. The second kappa shape index (κ2) is 4.39. The molecule has 0 aromatic heterocycles.